The van der Waals surface area contributed by atoms with Crippen molar-refractivity contribution in [1.82, 2.24) is 9.97 Å². The molecule has 2 heterocycles. The minimum atomic E-state index is -0.257. The molecular formula is C12H19BrN4O. The van der Waals surface area contributed by atoms with Crippen molar-refractivity contribution in [3.05, 3.63) is 10.7 Å². The largest absolute Gasteiger partial charge is 0.391 e. The molecule has 0 aliphatic carbocycles. The molecule has 0 amide bonds. The summed E-state index contributed by atoms with van der Waals surface area (Å²) in [6, 6.07) is 0. The highest BCUT2D eigenvalue weighted by Gasteiger charge is 2.21. The number of aromatic nitrogens is 2. The number of β-amino-alcohol motifs (C(OH)–C–C–N with tert-alkyl or cyclic N) is 1. The first-order valence-corrected chi connectivity index (χ1v) is 7.19. The van der Waals surface area contributed by atoms with Crippen LogP contribution in [0, 0.1) is 0 Å². The summed E-state index contributed by atoms with van der Waals surface area (Å²) in [6.07, 6.45) is 4.42. The Balaban J connectivity index is 2.14. The van der Waals surface area contributed by atoms with Gasteiger partial charge in [-0.15, -0.1) is 0 Å². The van der Waals surface area contributed by atoms with E-state index in [-0.39, 0.29) is 6.10 Å². The molecule has 1 aromatic heterocycles. The monoisotopic (exact) mass is 314 g/mol. The molecule has 1 unspecified atom stereocenters. The van der Waals surface area contributed by atoms with E-state index in [4.69, 9.17) is 0 Å². The molecule has 5 nitrogen and oxygen atoms in total. The molecule has 0 saturated carbocycles. The number of hydrogen-bond acceptors (Lipinski definition) is 5. The molecular weight excluding hydrogens is 296 g/mol. The van der Waals surface area contributed by atoms with Gasteiger partial charge in [0.2, 0.25) is 5.95 Å². The molecule has 0 bridgehead atoms. The van der Waals surface area contributed by atoms with Crippen molar-refractivity contribution in [1.29, 1.82) is 0 Å². The lowest BCUT2D eigenvalue weighted by molar-refractivity contribution is 0.154. The third kappa shape index (κ3) is 3.32. The third-order valence-electron chi connectivity index (χ3n) is 2.95. The Hall–Kier alpha value is -0.880. The van der Waals surface area contributed by atoms with Gasteiger partial charge in [-0.2, -0.15) is 4.98 Å². The molecule has 18 heavy (non-hydrogen) atoms. The lowest BCUT2D eigenvalue weighted by atomic mass is 10.1. The van der Waals surface area contributed by atoms with E-state index in [2.05, 4.69) is 43.0 Å². The van der Waals surface area contributed by atoms with Gasteiger partial charge in [-0.05, 0) is 35.2 Å². The average molecular weight is 315 g/mol. The minimum Gasteiger partial charge on any atom is -0.391 e. The number of anilines is 2. The van der Waals surface area contributed by atoms with Gasteiger partial charge in [-0.1, -0.05) is 6.92 Å². The SMILES string of the molecule is CCCNc1ncc(Br)c(N2CCCC(O)C2)n1. The number of halogens is 1. The average Bonchev–Trinajstić information content (AvgIpc) is 2.38. The van der Waals surface area contributed by atoms with Gasteiger partial charge in [0.1, 0.15) is 5.82 Å². The van der Waals surface area contributed by atoms with Gasteiger partial charge in [0.25, 0.3) is 0 Å². The molecule has 1 fully saturated rings. The van der Waals surface area contributed by atoms with Crippen LogP contribution in [0.2, 0.25) is 0 Å². The van der Waals surface area contributed by atoms with Crippen LogP contribution in [0.5, 0.6) is 0 Å². The van der Waals surface area contributed by atoms with Gasteiger partial charge in [0, 0.05) is 25.8 Å². The number of piperidine rings is 1. The van der Waals surface area contributed by atoms with Crippen LogP contribution in [0.1, 0.15) is 26.2 Å². The van der Waals surface area contributed by atoms with Crippen molar-refractivity contribution < 1.29 is 5.11 Å². The fraction of sp³-hybridized carbons (Fsp3) is 0.667. The van der Waals surface area contributed by atoms with E-state index >= 15 is 0 Å². The molecule has 1 aromatic rings. The molecule has 1 atom stereocenters. The van der Waals surface area contributed by atoms with E-state index in [9.17, 15) is 5.11 Å². The first-order valence-electron chi connectivity index (χ1n) is 6.40. The Kier molecular flexibility index (Phi) is 4.77. The van der Waals surface area contributed by atoms with Crippen molar-refractivity contribution in [2.75, 3.05) is 29.9 Å². The Bertz CT molecular complexity index is 402. The fourth-order valence-electron chi connectivity index (χ4n) is 2.05. The summed E-state index contributed by atoms with van der Waals surface area (Å²) >= 11 is 3.48. The maximum absolute atomic E-state index is 9.73. The van der Waals surface area contributed by atoms with Crippen LogP contribution in [-0.4, -0.2) is 40.8 Å². The lowest BCUT2D eigenvalue weighted by Gasteiger charge is -2.31. The van der Waals surface area contributed by atoms with Crippen molar-refractivity contribution in [2.45, 2.75) is 32.3 Å². The zero-order valence-corrected chi connectivity index (χ0v) is 12.2. The number of aliphatic hydroxyl groups is 1. The van der Waals surface area contributed by atoms with Gasteiger partial charge in [0.15, 0.2) is 0 Å². The standard InChI is InChI=1S/C12H19BrN4O/c1-2-5-14-12-15-7-10(13)11(16-12)17-6-3-4-9(18)8-17/h7,9,18H,2-6,8H2,1H3,(H,14,15,16). The molecule has 0 radical (unpaired) electrons. The van der Waals surface area contributed by atoms with Crippen LogP contribution in [0.3, 0.4) is 0 Å². The minimum absolute atomic E-state index is 0.257. The summed E-state index contributed by atoms with van der Waals surface area (Å²) in [5.41, 5.74) is 0. The van der Waals surface area contributed by atoms with E-state index in [1.165, 1.54) is 0 Å². The molecule has 6 heteroatoms. The van der Waals surface area contributed by atoms with Crippen molar-refractivity contribution in [3.63, 3.8) is 0 Å². The quantitative estimate of drug-likeness (QED) is 0.890. The smallest absolute Gasteiger partial charge is 0.224 e. The summed E-state index contributed by atoms with van der Waals surface area (Å²) < 4.78 is 0.874. The van der Waals surface area contributed by atoms with E-state index < -0.39 is 0 Å². The Labute approximate surface area is 116 Å². The fourth-order valence-corrected chi connectivity index (χ4v) is 2.49. The van der Waals surface area contributed by atoms with E-state index in [0.29, 0.717) is 12.5 Å². The summed E-state index contributed by atoms with van der Waals surface area (Å²) in [5, 5.41) is 12.9. The number of nitrogens with zero attached hydrogens (tertiary/aromatic N) is 3. The van der Waals surface area contributed by atoms with Crippen LogP contribution in [0.15, 0.2) is 10.7 Å². The van der Waals surface area contributed by atoms with Crippen LogP contribution >= 0.6 is 15.9 Å². The predicted octanol–water partition coefficient (Wildman–Crippen LogP) is 2.02. The first kappa shape index (κ1) is 13.5. The Morgan fingerprint density at radius 2 is 2.44 bits per heavy atom. The van der Waals surface area contributed by atoms with Crippen LogP contribution in [0.4, 0.5) is 11.8 Å². The zero-order chi connectivity index (χ0) is 13.0. The topological polar surface area (TPSA) is 61.3 Å². The van der Waals surface area contributed by atoms with E-state index in [0.717, 1.165) is 42.6 Å². The van der Waals surface area contributed by atoms with Gasteiger partial charge < -0.3 is 15.3 Å². The summed E-state index contributed by atoms with van der Waals surface area (Å²) in [7, 11) is 0. The highest BCUT2D eigenvalue weighted by atomic mass is 79.9. The highest BCUT2D eigenvalue weighted by molar-refractivity contribution is 9.10. The number of aliphatic hydroxyl groups excluding tert-OH is 1. The molecule has 2 N–H and O–H groups in total. The Morgan fingerprint density at radius 1 is 1.61 bits per heavy atom. The van der Waals surface area contributed by atoms with E-state index in [1.54, 1.807) is 6.20 Å². The predicted molar refractivity (Wildman–Crippen MR) is 76.0 cm³/mol. The second-order valence-electron chi connectivity index (χ2n) is 4.53. The lowest BCUT2D eigenvalue weighted by Crippen LogP contribution is -2.39. The van der Waals surface area contributed by atoms with Gasteiger partial charge in [0.05, 0.1) is 10.6 Å². The van der Waals surface area contributed by atoms with Gasteiger partial charge >= 0.3 is 0 Å². The maximum Gasteiger partial charge on any atom is 0.224 e. The van der Waals surface area contributed by atoms with Gasteiger partial charge in [-0.3, -0.25) is 0 Å². The summed E-state index contributed by atoms with van der Waals surface area (Å²) in [5.74, 6) is 1.51. The van der Waals surface area contributed by atoms with Crippen molar-refractivity contribution >= 4 is 27.7 Å². The summed E-state index contributed by atoms with van der Waals surface area (Å²) in [6.45, 7) is 4.54. The normalized spacial score (nSPS) is 19.9. The van der Waals surface area contributed by atoms with Crippen LogP contribution < -0.4 is 10.2 Å². The third-order valence-corrected chi connectivity index (χ3v) is 3.51. The molecule has 1 aliphatic heterocycles. The molecule has 1 saturated heterocycles. The Morgan fingerprint density at radius 3 is 3.17 bits per heavy atom. The second kappa shape index (κ2) is 6.33. The van der Waals surface area contributed by atoms with Crippen molar-refractivity contribution in [2.24, 2.45) is 0 Å². The maximum atomic E-state index is 9.73. The van der Waals surface area contributed by atoms with Gasteiger partial charge in [-0.25, -0.2) is 4.98 Å². The van der Waals surface area contributed by atoms with Crippen LogP contribution in [-0.2, 0) is 0 Å². The number of nitrogens with one attached hydrogen (secondary N) is 1. The van der Waals surface area contributed by atoms with Crippen LogP contribution in [0.25, 0.3) is 0 Å². The van der Waals surface area contributed by atoms with Crippen molar-refractivity contribution in [3.8, 4) is 0 Å². The summed E-state index contributed by atoms with van der Waals surface area (Å²) in [4.78, 5) is 10.9. The highest BCUT2D eigenvalue weighted by Crippen LogP contribution is 2.26. The first-order chi connectivity index (χ1) is 8.70. The van der Waals surface area contributed by atoms with E-state index in [1.807, 2.05) is 0 Å². The molecule has 2 rings (SSSR count). The number of rotatable bonds is 4. The zero-order valence-electron chi connectivity index (χ0n) is 10.6. The molecule has 0 spiro atoms. The molecule has 0 aromatic carbocycles. The number of hydrogen-bond donors (Lipinski definition) is 2. The molecule has 100 valence electrons. The molecule has 1 aliphatic rings. The second-order valence-corrected chi connectivity index (χ2v) is 5.39.